The smallest absolute Gasteiger partial charge is 0.295 e. The van der Waals surface area contributed by atoms with Crippen LogP contribution < -0.4 is 4.74 Å². The Balaban J connectivity index is 1.69. The van der Waals surface area contributed by atoms with E-state index >= 15 is 0 Å². The first-order valence-electron chi connectivity index (χ1n) is 11.5. The number of hydrogen-bond donors (Lipinski definition) is 1. The minimum Gasteiger partial charge on any atom is -0.507 e. The second-order valence-electron chi connectivity index (χ2n) is 8.43. The van der Waals surface area contributed by atoms with Crippen LogP contribution in [-0.2, 0) is 16.1 Å². The van der Waals surface area contributed by atoms with Gasteiger partial charge in [0, 0.05) is 31.0 Å². The van der Waals surface area contributed by atoms with Crippen LogP contribution >= 0.6 is 0 Å². The lowest BCUT2D eigenvalue weighted by Crippen LogP contribution is -2.31. The van der Waals surface area contributed by atoms with Crippen molar-refractivity contribution in [1.82, 2.24) is 14.5 Å². The summed E-state index contributed by atoms with van der Waals surface area (Å²) in [7, 11) is 0. The number of hydrogen-bond acceptors (Lipinski definition) is 5. The number of imidazole rings is 1. The molecule has 1 aliphatic heterocycles. The zero-order valence-electron chi connectivity index (χ0n) is 19.5. The van der Waals surface area contributed by atoms with E-state index in [2.05, 4.69) is 4.98 Å². The molecule has 7 nitrogen and oxygen atoms in total. The average Bonchev–Trinajstić information content (AvgIpc) is 3.45. The molecule has 34 heavy (non-hydrogen) atoms. The number of benzene rings is 2. The maximum Gasteiger partial charge on any atom is 0.295 e. The standard InChI is InChI=1S/C27H29N3O4/c1-3-17-34-22-11-9-20(10-12-22)24-23(25(31)21-7-5-19(2)6-8-21)26(32)27(33)30(24)15-4-14-29-16-13-28-18-29/h5-13,16,18,24,31H,3-4,14-15,17H2,1-2H3/b25-23+/t24-/m0/s1. The summed E-state index contributed by atoms with van der Waals surface area (Å²) >= 11 is 0. The van der Waals surface area contributed by atoms with Crippen LogP contribution in [0.5, 0.6) is 5.75 Å². The molecule has 3 aromatic rings. The van der Waals surface area contributed by atoms with Crippen LogP contribution in [0.25, 0.3) is 5.76 Å². The number of rotatable bonds is 9. The number of aliphatic hydroxyl groups is 1. The monoisotopic (exact) mass is 459 g/mol. The van der Waals surface area contributed by atoms with E-state index in [-0.39, 0.29) is 11.3 Å². The van der Waals surface area contributed by atoms with Crippen LogP contribution in [-0.4, -0.2) is 44.4 Å². The van der Waals surface area contributed by atoms with Gasteiger partial charge in [-0.05, 0) is 37.5 Å². The molecule has 176 valence electrons. The Morgan fingerprint density at radius 3 is 2.44 bits per heavy atom. The second-order valence-corrected chi connectivity index (χ2v) is 8.43. The van der Waals surface area contributed by atoms with E-state index in [1.807, 2.05) is 61.0 Å². The van der Waals surface area contributed by atoms with Crippen molar-refractivity contribution in [2.75, 3.05) is 13.2 Å². The Labute approximate surface area is 199 Å². The first-order chi connectivity index (χ1) is 16.5. The van der Waals surface area contributed by atoms with Gasteiger partial charge >= 0.3 is 0 Å². The number of aliphatic hydroxyl groups excluding tert-OH is 1. The molecule has 7 heteroatoms. The Bertz CT molecular complexity index is 1170. The number of carbonyl (C=O) groups is 2. The third-order valence-corrected chi connectivity index (χ3v) is 5.91. The molecule has 2 aromatic carbocycles. The van der Waals surface area contributed by atoms with E-state index in [1.165, 1.54) is 0 Å². The van der Waals surface area contributed by atoms with Crippen molar-refractivity contribution in [3.63, 3.8) is 0 Å². The van der Waals surface area contributed by atoms with Crippen molar-refractivity contribution in [2.24, 2.45) is 0 Å². The highest BCUT2D eigenvalue weighted by molar-refractivity contribution is 6.46. The summed E-state index contributed by atoms with van der Waals surface area (Å²) in [6.07, 6.45) is 6.82. The van der Waals surface area contributed by atoms with Gasteiger partial charge in [-0.3, -0.25) is 9.59 Å². The molecule has 0 bridgehead atoms. The molecule has 0 saturated carbocycles. The number of aryl methyl sites for hydroxylation is 2. The number of amides is 1. The van der Waals surface area contributed by atoms with Crippen LogP contribution in [0.15, 0.2) is 72.8 Å². The Morgan fingerprint density at radius 2 is 1.79 bits per heavy atom. The minimum absolute atomic E-state index is 0.110. The molecule has 0 spiro atoms. The van der Waals surface area contributed by atoms with Gasteiger partial charge in [0.15, 0.2) is 0 Å². The number of ketones is 1. The fourth-order valence-corrected chi connectivity index (χ4v) is 4.13. The topological polar surface area (TPSA) is 84.7 Å². The molecule has 1 aromatic heterocycles. The normalized spacial score (nSPS) is 17.4. The quantitative estimate of drug-likeness (QED) is 0.289. The molecule has 1 atom stereocenters. The fourth-order valence-electron chi connectivity index (χ4n) is 4.13. The van der Waals surface area contributed by atoms with Crippen LogP contribution in [0, 0.1) is 6.92 Å². The zero-order valence-corrected chi connectivity index (χ0v) is 19.5. The maximum atomic E-state index is 13.1. The Hall–Kier alpha value is -3.87. The van der Waals surface area contributed by atoms with Gasteiger partial charge in [0.25, 0.3) is 11.7 Å². The fraction of sp³-hybridized carbons (Fsp3) is 0.296. The molecule has 1 saturated heterocycles. The predicted octanol–water partition coefficient (Wildman–Crippen LogP) is 4.49. The van der Waals surface area contributed by atoms with Crippen molar-refractivity contribution in [3.05, 3.63) is 89.5 Å². The molecular weight excluding hydrogens is 430 g/mol. The summed E-state index contributed by atoms with van der Waals surface area (Å²) < 4.78 is 7.61. The molecule has 1 N–H and O–H groups in total. The number of Topliss-reactive ketones (excluding diaryl/α,β-unsaturated/α-hetero) is 1. The van der Waals surface area contributed by atoms with Crippen LogP contribution in [0.3, 0.4) is 0 Å². The Morgan fingerprint density at radius 1 is 1.06 bits per heavy atom. The SMILES string of the molecule is CCCOc1ccc([C@H]2/C(=C(\O)c3ccc(C)cc3)C(=O)C(=O)N2CCCn2ccnc2)cc1. The van der Waals surface area contributed by atoms with Crippen LogP contribution in [0.2, 0.25) is 0 Å². The minimum atomic E-state index is -0.677. The highest BCUT2D eigenvalue weighted by atomic mass is 16.5. The summed E-state index contributed by atoms with van der Waals surface area (Å²) in [5.41, 5.74) is 2.41. The molecule has 1 amide bonds. The van der Waals surface area contributed by atoms with Gasteiger partial charge in [0.2, 0.25) is 0 Å². The van der Waals surface area contributed by atoms with E-state index in [9.17, 15) is 14.7 Å². The molecule has 0 radical (unpaired) electrons. The predicted molar refractivity (Wildman–Crippen MR) is 129 cm³/mol. The molecule has 0 aliphatic carbocycles. The summed E-state index contributed by atoms with van der Waals surface area (Å²) in [6.45, 7) is 5.63. The summed E-state index contributed by atoms with van der Waals surface area (Å²) in [5, 5.41) is 11.1. The molecule has 4 rings (SSSR count). The Kier molecular flexibility index (Phi) is 7.11. The van der Waals surface area contributed by atoms with Crippen LogP contribution in [0.1, 0.15) is 42.5 Å². The van der Waals surface area contributed by atoms with Crippen molar-refractivity contribution >= 4 is 17.4 Å². The largest absolute Gasteiger partial charge is 0.507 e. The summed E-state index contributed by atoms with van der Waals surface area (Å²) in [4.78, 5) is 31.8. The number of nitrogens with zero attached hydrogens (tertiary/aromatic N) is 3. The van der Waals surface area contributed by atoms with Crippen molar-refractivity contribution in [1.29, 1.82) is 0 Å². The second kappa shape index (κ2) is 10.4. The van der Waals surface area contributed by atoms with E-state index < -0.39 is 17.7 Å². The summed E-state index contributed by atoms with van der Waals surface area (Å²) in [6, 6.07) is 14.0. The lowest BCUT2D eigenvalue weighted by Gasteiger charge is -2.25. The van der Waals surface area contributed by atoms with E-state index in [0.29, 0.717) is 31.7 Å². The molecule has 1 fully saturated rings. The number of carbonyl (C=O) groups excluding carboxylic acids is 2. The number of likely N-dealkylation sites (tertiary alicyclic amines) is 1. The maximum absolute atomic E-state index is 13.1. The molecular formula is C27H29N3O4. The first-order valence-corrected chi connectivity index (χ1v) is 11.5. The van der Waals surface area contributed by atoms with Gasteiger partial charge in [-0.2, -0.15) is 0 Å². The molecule has 0 unspecified atom stereocenters. The highest BCUT2D eigenvalue weighted by Gasteiger charge is 2.45. The molecule has 2 heterocycles. The van der Waals surface area contributed by atoms with E-state index in [4.69, 9.17) is 4.74 Å². The number of ether oxygens (including phenoxy) is 1. The molecule has 1 aliphatic rings. The highest BCUT2D eigenvalue weighted by Crippen LogP contribution is 2.40. The van der Waals surface area contributed by atoms with Crippen LogP contribution in [0.4, 0.5) is 0 Å². The van der Waals surface area contributed by atoms with Gasteiger partial charge in [-0.15, -0.1) is 0 Å². The van der Waals surface area contributed by atoms with Gasteiger partial charge in [0.05, 0.1) is 24.5 Å². The van der Waals surface area contributed by atoms with Gasteiger partial charge < -0.3 is 19.3 Å². The van der Waals surface area contributed by atoms with E-state index in [1.54, 1.807) is 29.6 Å². The average molecular weight is 460 g/mol. The zero-order chi connectivity index (χ0) is 24.1. The third-order valence-electron chi connectivity index (χ3n) is 5.91. The van der Waals surface area contributed by atoms with Gasteiger partial charge in [-0.25, -0.2) is 4.98 Å². The lowest BCUT2D eigenvalue weighted by molar-refractivity contribution is -0.139. The summed E-state index contributed by atoms with van der Waals surface area (Å²) in [5.74, 6) is -0.708. The van der Waals surface area contributed by atoms with Crippen molar-refractivity contribution < 1.29 is 19.4 Å². The number of aromatic nitrogens is 2. The third kappa shape index (κ3) is 4.88. The van der Waals surface area contributed by atoms with E-state index in [0.717, 1.165) is 23.3 Å². The van der Waals surface area contributed by atoms with Crippen molar-refractivity contribution in [2.45, 2.75) is 39.3 Å². The first kappa shape index (κ1) is 23.3. The van der Waals surface area contributed by atoms with Crippen molar-refractivity contribution in [3.8, 4) is 5.75 Å². The lowest BCUT2D eigenvalue weighted by atomic mass is 9.95. The van der Waals surface area contributed by atoms with Gasteiger partial charge in [0.1, 0.15) is 11.5 Å². The van der Waals surface area contributed by atoms with Gasteiger partial charge in [-0.1, -0.05) is 48.9 Å².